The summed E-state index contributed by atoms with van der Waals surface area (Å²) in [6.07, 6.45) is 1.78. The van der Waals surface area contributed by atoms with Gasteiger partial charge in [-0.25, -0.2) is 4.79 Å². The molecule has 0 saturated carbocycles. The van der Waals surface area contributed by atoms with E-state index in [1.807, 2.05) is 0 Å². The van der Waals surface area contributed by atoms with Crippen molar-refractivity contribution in [1.29, 1.82) is 0 Å². The van der Waals surface area contributed by atoms with Crippen LogP contribution in [0.1, 0.15) is 23.2 Å². The molecule has 108 valence electrons. The average Bonchev–Trinajstić information content (AvgIpc) is 2.47. The lowest BCUT2D eigenvalue weighted by Gasteiger charge is -2.24. The van der Waals surface area contributed by atoms with E-state index in [0.29, 0.717) is 18.9 Å². The number of carbonyl (C=O) groups is 1. The number of nitrogens with zero attached hydrogens (tertiary/aromatic N) is 1. The van der Waals surface area contributed by atoms with Crippen molar-refractivity contribution in [3.8, 4) is 0 Å². The van der Waals surface area contributed by atoms with Crippen LogP contribution in [0.15, 0.2) is 18.2 Å². The number of benzene rings is 1. The number of methoxy groups -OCH3 is 1. The molecule has 7 heteroatoms. The van der Waals surface area contributed by atoms with Gasteiger partial charge in [-0.05, 0) is 25.0 Å². The summed E-state index contributed by atoms with van der Waals surface area (Å²) in [6.45, 7) is 1.21. The number of carbonyl (C=O) groups excluding carboxylic acids is 1. The quantitative estimate of drug-likeness (QED) is 0.515. The first-order valence-corrected chi connectivity index (χ1v) is 6.33. The molecule has 1 aromatic carbocycles. The van der Waals surface area contributed by atoms with Crippen LogP contribution in [0, 0.1) is 10.1 Å². The number of rotatable bonds is 4. The highest BCUT2D eigenvalue weighted by atomic mass is 16.6. The second kappa shape index (κ2) is 6.33. The van der Waals surface area contributed by atoms with Gasteiger partial charge in [-0.2, -0.15) is 0 Å². The molecule has 20 heavy (non-hydrogen) atoms. The van der Waals surface area contributed by atoms with Gasteiger partial charge in [0.25, 0.3) is 5.69 Å². The number of nitrogens with one attached hydrogen (secondary N) is 1. The van der Waals surface area contributed by atoms with E-state index in [1.54, 1.807) is 0 Å². The van der Waals surface area contributed by atoms with Crippen LogP contribution in [0.2, 0.25) is 0 Å². The molecule has 1 atom stereocenters. The summed E-state index contributed by atoms with van der Waals surface area (Å²) in [7, 11) is 1.27. The number of hydrogen-bond donors (Lipinski definition) is 1. The molecule has 1 aliphatic heterocycles. The maximum absolute atomic E-state index is 11.5. The Labute approximate surface area is 116 Å². The minimum Gasteiger partial charge on any atom is -0.465 e. The monoisotopic (exact) mass is 280 g/mol. The minimum atomic E-state index is -0.525. The molecule has 2 rings (SSSR count). The molecule has 0 spiro atoms. The molecule has 0 bridgehead atoms. The smallest absolute Gasteiger partial charge is 0.337 e. The third kappa shape index (κ3) is 3.24. The first-order valence-electron chi connectivity index (χ1n) is 6.33. The molecular formula is C13H16N2O5. The number of esters is 1. The SMILES string of the molecule is COC(=O)c1ccc([N+](=O)[O-])c(NC2CCCOC2)c1. The Kier molecular flexibility index (Phi) is 4.52. The fourth-order valence-electron chi connectivity index (χ4n) is 2.13. The van der Waals surface area contributed by atoms with E-state index in [-0.39, 0.29) is 17.3 Å². The minimum absolute atomic E-state index is 0.00958. The summed E-state index contributed by atoms with van der Waals surface area (Å²) >= 11 is 0. The van der Waals surface area contributed by atoms with Crippen molar-refractivity contribution in [3.05, 3.63) is 33.9 Å². The molecule has 1 aliphatic rings. The first-order chi connectivity index (χ1) is 9.61. The Balaban J connectivity index is 2.26. The van der Waals surface area contributed by atoms with Crippen molar-refractivity contribution in [1.82, 2.24) is 0 Å². The normalized spacial score (nSPS) is 18.4. The largest absolute Gasteiger partial charge is 0.465 e. The van der Waals surface area contributed by atoms with E-state index in [2.05, 4.69) is 10.1 Å². The van der Waals surface area contributed by atoms with Gasteiger partial charge >= 0.3 is 5.97 Å². The molecule has 1 heterocycles. The van der Waals surface area contributed by atoms with Gasteiger partial charge in [-0.3, -0.25) is 10.1 Å². The first kappa shape index (κ1) is 14.3. The van der Waals surface area contributed by atoms with Crippen LogP contribution in [-0.4, -0.2) is 37.3 Å². The Hall–Kier alpha value is -2.15. The Morgan fingerprint density at radius 1 is 1.55 bits per heavy atom. The van der Waals surface area contributed by atoms with Gasteiger partial charge in [0.05, 0.1) is 24.2 Å². The zero-order chi connectivity index (χ0) is 14.5. The topological polar surface area (TPSA) is 90.7 Å². The van der Waals surface area contributed by atoms with Gasteiger partial charge in [0.2, 0.25) is 0 Å². The molecule has 0 amide bonds. The number of nitro groups is 1. The summed E-state index contributed by atoms with van der Waals surface area (Å²) in [5.41, 5.74) is 0.522. The lowest BCUT2D eigenvalue weighted by Crippen LogP contribution is -2.30. The highest BCUT2D eigenvalue weighted by Crippen LogP contribution is 2.27. The Morgan fingerprint density at radius 3 is 2.95 bits per heavy atom. The number of nitro benzene ring substituents is 1. The van der Waals surface area contributed by atoms with Crippen molar-refractivity contribution in [2.75, 3.05) is 25.6 Å². The van der Waals surface area contributed by atoms with Crippen LogP contribution < -0.4 is 5.32 Å². The molecule has 0 radical (unpaired) electrons. The van der Waals surface area contributed by atoms with Crippen LogP contribution in [0.4, 0.5) is 11.4 Å². The van der Waals surface area contributed by atoms with Gasteiger partial charge in [0.1, 0.15) is 5.69 Å². The standard InChI is InChI=1S/C13H16N2O5/c1-19-13(16)9-4-5-12(15(17)18)11(7-9)14-10-3-2-6-20-8-10/h4-5,7,10,14H,2-3,6,8H2,1H3. The van der Waals surface area contributed by atoms with Crippen molar-refractivity contribution in [2.24, 2.45) is 0 Å². The lowest BCUT2D eigenvalue weighted by molar-refractivity contribution is -0.384. The summed E-state index contributed by atoms with van der Waals surface area (Å²) in [4.78, 5) is 22.0. The summed E-state index contributed by atoms with van der Waals surface area (Å²) in [6, 6.07) is 4.14. The van der Waals surface area contributed by atoms with E-state index in [4.69, 9.17) is 4.74 Å². The van der Waals surface area contributed by atoms with E-state index in [1.165, 1.54) is 25.3 Å². The van der Waals surface area contributed by atoms with Gasteiger partial charge < -0.3 is 14.8 Å². The summed E-state index contributed by atoms with van der Waals surface area (Å²) in [5, 5.41) is 14.1. The summed E-state index contributed by atoms with van der Waals surface area (Å²) in [5.74, 6) is -0.525. The number of hydrogen-bond acceptors (Lipinski definition) is 6. The zero-order valence-electron chi connectivity index (χ0n) is 11.1. The van der Waals surface area contributed by atoms with E-state index in [9.17, 15) is 14.9 Å². The molecule has 1 fully saturated rings. The third-order valence-electron chi connectivity index (χ3n) is 3.13. The average molecular weight is 280 g/mol. The van der Waals surface area contributed by atoms with Crippen LogP contribution in [0.5, 0.6) is 0 Å². The van der Waals surface area contributed by atoms with Crippen LogP contribution in [0.3, 0.4) is 0 Å². The zero-order valence-corrected chi connectivity index (χ0v) is 11.1. The molecule has 0 aromatic heterocycles. The maximum atomic E-state index is 11.5. The molecule has 1 unspecified atom stereocenters. The molecular weight excluding hydrogens is 264 g/mol. The molecule has 7 nitrogen and oxygen atoms in total. The number of ether oxygens (including phenoxy) is 2. The second-order valence-electron chi connectivity index (χ2n) is 4.54. The van der Waals surface area contributed by atoms with Gasteiger partial charge in [-0.15, -0.1) is 0 Å². The van der Waals surface area contributed by atoms with Crippen molar-refractivity contribution in [3.63, 3.8) is 0 Å². The third-order valence-corrected chi connectivity index (χ3v) is 3.13. The molecule has 0 aliphatic carbocycles. The second-order valence-corrected chi connectivity index (χ2v) is 4.54. The maximum Gasteiger partial charge on any atom is 0.337 e. The fraction of sp³-hybridized carbons (Fsp3) is 0.462. The summed E-state index contributed by atoms with van der Waals surface area (Å²) < 4.78 is 9.95. The molecule has 1 aromatic rings. The van der Waals surface area contributed by atoms with Crippen molar-refractivity contribution in [2.45, 2.75) is 18.9 Å². The number of anilines is 1. The van der Waals surface area contributed by atoms with E-state index < -0.39 is 10.9 Å². The highest BCUT2D eigenvalue weighted by molar-refractivity contribution is 5.91. The van der Waals surface area contributed by atoms with Crippen molar-refractivity contribution >= 4 is 17.3 Å². The van der Waals surface area contributed by atoms with Gasteiger partial charge in [-0.1, -0.05) is 0 Å². The van der Waals surface area contributed by atoms with Gasteiger partial charge in [0, 0.05) is 18.7 Å². The molecule has 1 N–H and O–H groups in total. The molecule has 1 saturated heterocycles. The van der Waals surface area contributed by atoms with Crippen LogP contribution >= 0.6 is 0 Å². The predicted molar refractivity (Wildman–Crippen MR) is 71.9 cm³/mol. The van der Waals surface area contributed by atoms with Gasteiger partial charge in [0.15, 0.2) is 0 Å². The fourth-order valence-corrected chi connectivity index (χ4v) is 2.13. The Bertz CT molecular complexity index is 511. The highest BCUT2D eigenvalue weighted by Gasteiger charge is 2.21. The lowest BCUT2D eigenvalue weighted by atomic mass is 10.1. The Morgan fingerprint density at radius 2 is 2.35 bits per heavy atom. The van der Waals surface area contributed by atoms with E-state index in [0.717, 1.165) is 12.8 Å². The van der Waals surface area contributed by atoms with Crippen molar-refractivity contribution < 1.29 is 19.2 Å². The van der Waals surface area contributed by atoms with E-state index >= 15 is 0 Å². The van der Waals surface area contributed by atoms with Crippen LogP contribution in [-0.2, 0) is 9.47 Å². The van der Waals surface area contributed by atoms with Crippen LogP contribution in [0.25, 0.3) is 0 Å². The predicted octanol–water partition coefficient (Wildman–Crippen LogP) is 1.97.